The van der Waals surface area contributed by atoms with Crippen LogP contribution in [0.25, 0.3) is 10.9 Å². The van der Waals surface area contributed by atoms with Crippen molar-refractivity contribution in [3.63, 3.8) is 0 Å². The van der Waals surface area contributed by atoms with Gasteiger partial charge in [-0.15, -0.1) is 0 Å². The fourth-order valence-electron chi connectivity index (χ4n) is 2.82. The molecule has 4 heteroatoms. The molecule has 0 aliphatic carbocycles. The van der Waals surface area contributed by atoms with Crippen molar-refractivity contribution in [3.05, 3.63) is 65.4 Å². The van der Waals surface area contributed by atoms with Crippen LogP contribution in [0.3, 0.4) is 0 Å². The Morgan fingerprint density at radius 3 is 2.65 bits per heavy atom. The molecule has 3 aromatic rings. The molecule has 0 aliphatic rings. The zero-order valence-electron chi connectivity index (χ0n) is 13.2. The van der Waals surface area contributed by atoms with Gasteiger partial charge in [-0.05, 0) is 49.7 Å². The molecule has 4 nitrogen and oxygen atoms in total. The number of carbonyl (C=O) groups is 1. The molecule has 0 saturated carbocycles. The van der Waals surface area contributed by atoms with Gasteiger partial charge in [0, 0.05) is 17.4 Å². The number of benzene rings is 2. The van der Waals surface area contributed by atoms with Gasteiger partial charge in [-0.2, -0.15) is 0 Å². The van der Waals surface area contributed by atoms with Gasteiger partial charge in [0.15, 0.2) is 0 Å². The Hall–Kier alpha value is -2.75. The molecule has 1 heterocycles. The predicted molar refractivity (Wildman–Crippen MR) is 90.1 cm³/mol. The number of fused-ring (bicyclic) bond motifs is 1. The normalized spacial score (nSPS) is 10.9. The fraction of sp³-hybridized carbons (Fsp3) is 0.211. The number of aryl methyl sites for hydroxylation is 2. The largest absolute Gasteiger partial charge is 0.487 e. The molecular formula is C19H19NO3. The summed E-state index contributed by atoms with van der Waals surface area (Å²) in [6.45, 7) is 5.35. The van der Waals surface area contributed by atoms with E-state index in [0.29, 0.717) is 12.2 Å². The summed E-state index contributed by atoms with van der Waals surface area (Å²) in [7, 11) is 0. The monoisotopic (exact) mass is 309 g/mol. The summed E-state index contributed by atoms with van der Waals surface area (Å²) >= 11 is 0. The third-order valence-electron chi connectivity index (χ3n) is 4.02. The Labute approximate surface area is 134 Å². The van der Waals surface area contributed by atoms with Crippen LogP contribution in [0.4, 0.5) is 0 Å². The van der Waals surface area contributed by atoms with E-state index < -0.39 is 5.97 Å². The molecular weight excluding hydrogens is 290 g/mol. The summed E-state index contributed by atoms with van der Waals surface area (Å²) in [4.78, 5) is 11.1. The first-order valence-electron chi connectivity index (χ1n) is 7.64. The maximum absolute atomic E-state index is 11.1. The lowest BCUT2D eigenvalue weighted by Crippen LogP contribution is -2.05. The Bertz CT molecular complexity index is 864. The van der Waals surface area contributed by atoms with Crippen LogP contribution >= 0.6 is 0 Å². The molecule has 0 bridgehead atoms. The number of aromatic nitrogens is 1. The van der Waals surface area contributed by atoms with E-state index in [0.717, 1.165) is 34.5 Å². The Balaban J connectivity index is 1.94. The molecule has 0 fully saturated rings. The van der Waals surface area contributed by atoms with Crippen LogP contribution in [-0.2, 0) is 13.2 Å². The number of para-hydroxylation sites is 1. The van der Waals surface area contributed by atoms with Crippen LogP contribution in [0, 0.1) is 6.92 Å². The molecule has 0 radical (unpaired) electrons. The molecule has 0 amide bonds. The smallest absolute Gasteiger partial charge is 0.335 e. The lowest BCUT2D eigenvalue weighted by atomic mass is 10.1. The second-order valence-electron chi connectivity index (χ2n) is 5.51. The van der Waals surface area contributed by atoms with Crippen molar-refractivity contribution in [1.29, 1.82) is 0 Å². The van der Waals surface area contributed by atoms with E-state index in [9.17, 15) is 4.79 Å². The van der Waals surface area contributed by atoms with E-state index in [1.807, 2.05) is 43.3 Å². The van der Waals surface area contributed by atoms with E-state index in [4.69, 9.17) is 9.84 Å². The molecule has 0 unspecified atom stereocenters. The Morgan fingerprint density at radius 1 is 1.17 bits per heavy atom. The van der Waals surface area contributed by atoms with Gasteiger partial charge in [-0.3, -0.25) is 0 Å². The number of carboxylic acids is 1. The van der Waals surface area contributed by atoms with Crippen LogP contribution < -0.4 is 4.74 Å². The average Bonchev–Trinajstić information content (AvgIpc) is 2.90. The summed E-state index contributed by atoms with van der Waals surface area (Å²) in [6.07, 6.45) is 0. The third kappa shape index (κ3) is 2.93. The predicted octanol–water partition coefficient (Wildman–Crippen LogP) is 4.25. The van der Waals surface area contributed by atoms with Crippen molar-refractivity contribution >= 4 is 16.9 Å². The van der Waals surface area contributed by atoms with Crippen LogP contribution in [0.2, 0.25) is 0 Å². The van der Waals surface area contributed by atoms with Gasteiger partial charge in [0.1, 0.15) is 12.4 Å². The highest BCUT2D eigenvalue weighted by Gasteiger charge is 2.11. The number of hydrogen-bond donors (Lipinski definition) is 1. The first-order valence-corrected chi connectivity index (χ1v) is 7.64. The number of rotatable bonds is 5. The zero-order chi connectivity index (χ0) is 16.4. The lowest BCUT2D eigenvalue weighted by molar-refractivity contribution is 0.0697. The molecule has 118 valence electrons. The minimum atomic E-state index is -0.908. The molecule has 0 spiro atoms. The van der Waals surface area contributed by atoms with Crippen molar-refractivity contribution in [2.75, 3.05) is 0 Å². The highest BCUT2D eigenvalue weighted by Crippen LogP contribution is 2.24. The molecule has 1 N–H and O–H groups in total. The lowest BCUT2D eigenvalue weighted by Gasteiger charge is -2.11. The van der Waals surface area contributed by atoms with Crippen molar-refractivity contribution in [2.24, 2.45) is 0 Å². The van der Waals surface area contributed by atoms with Crippen LogP contribution in [0.15, 0.2) is 48.5 Å². The summed E-state index contributed by atoms with van der Waals surface area (Å²) < 4.78 is 8.09. The van der Waals surface area contributed by atoms with E-state index in [1.54, 1.807) is 12.1 Å². The Morgan fingerprint density at radius 2 is 1.96 bits per heavy atom. The summed E-state index contributed by atoms with van der Waals surface area (Å²) in [5, 5.41) is 10.1. The Kier molecular flexibility index (Phi) is 4.06. The van der Waals surface area contributed by atoms with Crippen LogP contribution in [-0.4, -0.2) is 15.6 Å². The molecule has 0 aliphatic heterocycles. The first kappa shape index (κ1) is 15.2. The maximum atomic E-state index is 11.1. The molecule has 2 aromatic carbocycles. The van der Waals surface area contributed by atoms with Gasteiger partial charge in [0.05, 0.1) is 11.3 Å². The van der Waals surface area contributed by atoms with Crippen molar-refractivity contribution < 1.29 is 14.6 Å². The number of hydrogen-bond acceptors (Lipinski definition) is 2. The second kappa shape index (κ2) is 6.16. The maximum Gasteiger partial charge on any atom is 0.335 e. The molecule has 3 rings (SSSR count). The van der Waals surface area contributed by atoms with E-state index in [2.05, 4.69) is 11.5 Å². The summed E-state index contributed by atoms with van der Waals surface area (Å²) in [6, 6.07) is 15.1. The third-order valence-corrected chi connectivity index (χ3v) is 4.02. The van der Waals surface area contributed by atoms with Crippen molar-refractivity contribution in [3.8, 4) is 5.75 Å². The average molecular weight is 309 g/mol. The first-order chi connectivity index (χ1) is 11.1. The van der Waals surface area contributed by atoms with Gasteiger partial charge in [-0.25, -0.2) is 4.79 Å². The van der Waals surface area contributed by atoms with Gasteiger partial charge in [0.25, 0.3) is 0 Å². The minimum Gasteiger partial charge on any atom is -0.487 e. The SMILES string of the molecule is CCn1c(COc2ccccc2C)cc2cc(C(=O)O)ccc21. The minimum absolute atomic E-state index is 0.303. The van der Waals surface area contributed by atoms with Gasteiger partial charge >= 0.3 is 5.97 Å². The molecule has 0 atom stereocenters. The number of nitrogens with zero attached hydrogens (tertiary/aromatic N) is 1. The topological polar surface area (TPSA) is 51.5 Å². The highest BCUT2D eigenvalue weighted by molar-refractivity contribution is 5.94. The second-order valence-corrected chi connectivity index (χ2v) is 5.51. The van der Waals surface area contributed by atoms with Crippen LogP contribution in [0.5, 0.6) is 5.75 Å². The highest BCUT2D eigenvalue weighted by atomic mass is 16.5. The number of carboxylic acid groups (broad SMARTS) is 1. The van der Waals surface area contributed by atoms with Crippen molar-refractivity contribution in [1.82, 2.24) is 4.57 Å². The zero-order valence-corrected chi connectivity index (χ0v) is 13.2. The standard InChI is InChI=1S/C19H19NO3/c1-3-20-16(12-23-18-7-5-4-6-13(18)2)11-15-10-14(19(21)22)8-9-17(15)20/h4-11H,3,12H2,1-2H3,(H,21,22). The molecule has 1 aromatic heterocycles. The van der Waals surface area contributed by atoms with Gasteiger partial charge < -0.3 is 14.4 Å². The van der Waals surface area contributed by atoms with Crippen LogP contribution in [0.1, 0.15) is 28.5 Å². The van der Waals surface area contributed by atoms with Gasteiger partial charge in [0.2, 0.25) is 0 Å². The fourth-order valence-corrected chi connectivity index (χ4v) is 2.82. The van der Waals surface area contributed by atoms with E-state index >= 15 is 0 Å². The van der Waals surface area contributed by atoms with Crippen molar-refractivity contribution in [2.45, 2.75) is 27.0 Å². The summed E-state index contributed by atoms with van der Waals surface area (Å²) in [5.74, 6) is -0.0412. The quantitative estimate of drug-likeness (QED) is 0.766. The number of aromatic carboxylic acids is 1. The van der Waals surface area contributed by atoms with E-state index in [-0.39, 0.29) is 0 Å². The van der Waals surface area contributed by atoms with E-state index in [1.165, 1.54) is 0 Å². The summed E-state index contributed by atoms with van der Waals surface area (Å²) in [5.41, 5.74) is 3.46. The number of ether oxygens (including phenoxy) is 1. The van der Waals surface area contributed by atoms with Gasteiger partial charge in [-0.1, -0.05) is 18.2 Å². The molecule has 0 saturated heterocycles. The molecule has 23 heavy (non-hydrogen) atoms.